The van der Waals surface area contributed by atoms with Gasteiger partial charge in [0.05, 0.1) is 6.07 Å². The smallest absolute Gasteiger partial charge is 0.0635 e. The van der Waals surface area contributed by atoms with E-state index in [1.807, 2.05) is 0 Å². The molecule has 0 saturated heterocycles. The Balaban J connectivity index is 2.29. The molecule has 0 fully saturated rings. The van der Waals surface area contributed by atoms with Crippen LogP contribution in [0.3, 0.4) is 0 Å². The van der Waals surface area contributed by atoms with Crippen LogP contribution >= 0.6 is 0 Å². The van der Waals surface area contributed by atoms with E-state index in [2.05, 4.69) is 30.5 Å². The molecule has 2 heteroatoms. The first-order valence-electron chi connectivity index (χ1n) is 4.54. The van der Waals surface area contributed by atoms with Gasteiger partial charge in [0.25, 0.3) is 0 Å². The Morgan fingerprint density at radius 1 is 1.58 bits per heavy atom. The first kappa shape index (κ1) is 9.28. The fraction of sp³-hybridized carbons (Fsp3) is 0.700. The molecule has 0 aromatic rings. The van der Waals surface area contributed by atoms with Crippen LogP contribution in [0.15, 0.2) is 12.2 Å². The van der Waals surface area contributed by atoms with Crippen molar-refractivity contribution in [3.05, 3.63) is 12.2 Å². The monoisotopic (exact) mass is 164 g/mol. The van der Waals surface area contributed by atoms with Crippen molar-refractivity contribution in [1.82, 2.24) is 5.32 Å². The van der Waals surface area contributed by atoms with Crippen LogP contribution in [0.2, 0.25) is 0 Å². The predicted octanol–water partition coefficient (Wildman–Crippen LogP) is 1.99. The molecule has 0 bridgehead atoms. The molecular formula is C10H16N2. The molecular weight excluding hydrogens is 148 g/mol. The lowest BCUT2D eigenvalue weighted by Crippen LogP contribution is -2.43. The highest BCUT2D eigenvalue weighted by Gasteiger charge is 2.22. The second-order valence-electron chi connectivity index (χ2n) is 3.61. The highest BCUT2D eigenvalue weighted by Crippen LogP contribution is 2.22. The zero-order valence-corrected chi connectivity index (χ0v) is 7.64. The fourth-order valence-electron chi connectivity index (χ4n) is 1.55. The van der Waals surface area contributed by atoms with Crippen LogP contribution in [0, 0.1) is 11.3 Å². The molecule has 1 unspecified atom stereocenters. The topological polar surface area (TPSA) is 35.8 Å². The van der Waals surface area contributed by atoms with Gasteiger partial charge in [-0.3, -0.25) is 0 Å². The van der Waals surface area contributed by atoms with Gasteiger partial charge in [-0.25, -0.2) is 0 Å². The molecule has 1 atom stereocenters. The summed E-state index contributed by atoms with van der Waals surface area (Å²) in [6.45, 7) is 3.05. The van der Waals surface area contributed by atoms with Crippen LogP contribution in [-0.2, 0) is 0 Å². The Kier molecular flexibility index (Phi) is 3.31. The summed E-state index contributed by atoms with van der Waals surface area (Å²) in [5.41, 5.74) is 0.242. The molecule has 0 heterocycles. The van der Waals surface area contributed by atoms with E-state index < -0.39 is 0 Å². The summed E-state index contributed by atoms with van der Waals surface area (Å²) >= 11 is 0. The summed E-state index contributed by atoms with van der Waals surface area (Å²) in [5.74, 6) is 0. The van der Waals surface area contributed by atoms with Gasteiger partial charge in [0.15, 0.2) is 0 Å². The minimum absolute atomic E-state index is 0.242. The molecule has 0 spiro atoms. The molecule has 0 saturated carbocycles. The Morgan fingerprint density at radius 2 is 2.42 bits per heavy atom. The van der Waals surface area contributed by atoms with E-state index in [-0.39, 0.29) is 5.54 Å². The molecule has 1 aliphatic rings. The molecule has 0 aromatic heterocycles. The molecule has 12 heavy (non-hydrogen) atoms. The predicted molar refractivity (Wildman–Crippen MR) is 49.6 cm³/mol. The lowest BCUT2D eigenvalue weighted by molar-refractivity contribution is 0.330. The maximum Gasteiger partial charge on any atom is 0.0635 e. The van der Waals surface area contributed by atoms with Crippen molar-refractivity contribution in [2.24, 2.45) is 0 Å². The van der Waals surface area contributed by atoms with Gasteiger partial charge in [0.2, 0.25) is 0 Å². The summed E-state index contributed by atoms with van der Waals surface area (Å²) in [7, 11) is 0. The van der Waals surface area contributed by atoms with Gasteiger partial charge < -0.3 is 5.32 Å². The average molecular weight is 164 g/mol. The van der Waals surface area contributed by atoms with Crippen LogP contribution in [0.5, 0.6) is 0 Å². The third-order valence-electron chi connectivity index (χ3n) is 2.39. The maximum atomic E-state index is 8.38. The lowest BCUT2D eigenvalue weighted by Gasteiger charge is -2.31. The highest BCUT2D eigenvalue weighted by atomic mass is 15.0. The number of allylic oxidation sites excluding steroid dienone is 1. The minimum Gasteiger partial charge on any atom is -0.310 e. The maximum absolute atomic E-state index is 8.38. The highest BCUT2D eigenvalue weighted by molar-refractivity contribution is 5.00. The van der Waals surface area contributed by atoms with Crippen molar-refractivity contribution >= 4 is 0 Å². The van der Waals surface area contributed by atoms with Crippen LogP contribution in [-0.4, -0.2) is 12.1 Å². The molecule has 0 aromatic carbocycles. The SMILES string of the molecule is CC1(NCCC#N)CC=CCC1. The van der Waals surface area contributed by atoms with Gasteiger partial charge >= 0.3 is 0 Å². The van der Waals surface area contributed by atoms with Gasteiger partial charge in [-0.05, 0) is 26.2 Å². The quantitative estimate of drug-likeness (QED) is 0.511. The van der Waals surface area contributed by atoms with Crippen LogP contribution in [0.4, 0.5) is 0 Å². The standard InChI is InChI=1S/C10H16N2/c1-10(12-9-5-8-11)6-3-2-4-7-10/h2-3,12H,4-7,9H2,1H3. The fourth-order valence-corrected chi connectivity index (χ4v) is 1.55. The van der Waals surface area contributed by atoms with E-state index in [0.29, 0.717) is 6.42 Å². The lowest BCUT2D eigenvalue weighted by atomic mass is 9.87. The number of nitrogens with zero attached hydrogens (tertiary/aromatic N) is 1. The molecule has 66 valence electrons. The normalized spacial score (nSPS) is 28.3. The number of hydrogen-bond acceptors (Lipinski definition) is 2. The van der Waals surface area contributed by atoms with Crippen LogP contribution < -0.4 is 5.32 Å². The molecule has 1 aliphatic carbocycles. The van der Waals surface area contributed by atoms with E-state index >= 15 is 0 Å². The second kappa shape index (κ2) is 4.27. The van der Waals surface area contributed by atoms with Crippen molar-refractivity contribution in [2.75, 3.05) is 6.54 Å². The van der Waals surface area contributed by atoms with Crippen molar-refractivity contribution in [3.63, 3.8) is 0 Å². The van der Waals surface area contributed by atoms with Gasteiger partial charge in [-0.15, -0.1) is 0 Å². The molecule has 1 N–H and O–H groups in total. The molecule has 0 radical (unpaired) electrons. The zero-order chi connectivity index (χ0) is 8.86. The Bertz CT molecular complexity index is 202. The first-order valence-corrected chi connectivity index (χ1v) is 4.54. The van der Waals surface area contributed by atoms with Crippen LogP contribution in [0.25, 0.3) is 0 Å². The van der Waals surface area contributed by atoms with E-state index in [0.717, 1.165) is 19.4 Å². The third kappa shape index (κ3) is 2.67. The van der Waals surface area contributed by atoms with Crippen molar-refractivity contribution in [3.8, 4) is 6.07 Å². The summed E-state index contributed by atoms with van der Waals surface area (Å²) in [6, 6.07) is 2.14. The minimum atomic E-state index is 0.242. The number of hydrogen-bond donors (Lipinski definition) is 1. The molecule has 2 nitrogen and oxygen atoms in total. The summed E-state index contributed by atoms with van der Waals surface area (Å²) < 4.78 is 0. The van der Waals surface area contributed by atoms with E-state index in [9.17, 15) is 0 Å². The van der Waals surface area contributed by atoms with Crippen molar-refractivity contribution in [2.45, 2.75) is 38.1 Å². The van der Waals surface area contributed by atoms with Crippen molar-refractivity contribution < 1.29 is 0 Å². The third-order valence-corrected chi connectivity index (χ3v) is 2.39. The van der Waals surface area contributed by atoms with Gasteiger partial charge in [-0.2, -0.15) is 5.26 Å². The van der Waals surface area contributed by atoms with Gasteiger partial charge in [0.1, 0.15) is 0 Å². The molecule has 1 rings (SSSR count). The Morgan fingerprint density at radius 3 is 3.00 bits per heavy atom. The van der Waals surface area contributed by atoms with E-state index in [4.69, 9.17) is 5.26 Å². The average Bonchev–Trinajstić information content (AvgIpc) is 2.06. The Hall–Kier alpha value is -0.810. The number of rotatable bonds is 3. The zero-order valence-electron chi connectivity index (χ0n) is 7.64. The van der Waals surface area contributed by atoms with Crippen molar-refractivity contribution in [1.29, 1.82) is 5.26 Å². The van der Waals surface area contributed by atoms with E-state index in [1.54, 1.807) is 0 Å². The summed E-state index contributed by atoms with van der Waals surface area (Å²) in [5, 5.41) is 11.8. The number of nitrogens with one attached hydrogen (secondary N) is 1. The van der Waals surface area contributed by atoms with Gasteiger partial charge in [0, 0.05) is 18.5 Å². The second-order valence-corrected chi connectivity index (χ2v) is 3.61. The Labute approximate surface area is 74.3 Å². The van der Waals surface area contributed by atoms with Gasteiger partial charge in [-0.1, -0.05) is 12.2 Å². The summed E-state index contributed by atoms with van der Waals surface area (Å²) in [6.07, 6.45) is 8.51. The molecule has 0 aliphatic heterocycles. The number of nitriles is 1. The van der Waals surface area contributed by atoms with Crippen LogP contribution in [0.1, 0.15) is 32.6 Å². The summed E-state index contributed by atoms with van der Waals surface area (Å²) in [4.78, 5) is 0. The largest absolute Gasteiger partial charge is 0.310 e. The first-order chi connectivity index (χ1) is 5.77. The molecule has 0 amide bonds. The van der Waals surface area contributed by atoms with E-state index in [1.165, 1.54) is 6.42 Å².